The van der Waals surface area contributed by atoms with Crippen molar-refractivity contribution in [1.29, 1.82) is 0 Å². The second-order valence-corrected chi connectivity index (χ2v) is 2.41. The molecule has 1 aromatic heterocycles. The summed E-state index contributed by atoms with van der Waals surface area (Å²) in [6, 6.07) is 0. The number of hydrogen-bond donors (Lipinski definition) is 1. The maximum absolute atomic E-state index is 5.74. The van der Waals surface area contributed by atoms with Crippen molar-refractivity contribution in [3.63, 3.8) is 0 Å². The van der Waals surface area contributed by atoms with Gasteiger partial charge in [-0.3, -0.25) is 4.99 Å². The summed E-state index contributed by atoms with van der Waals surface area (Å²) >= 11 is 0. The van der Waals surface area contributed by atoms with Gasteiger partial charge in [0.15, 0.2) is 0 Å². The minimum absolute atomic E-state index is 0.565. The Balaban J connectivity index is 3.01. The van der Waals surface area contributed by atoms with E-state index in [4.69, 9.17) is 5.73 Å². The molecule has 2 N–H and O–H groups in total. The van der Waals surface area contributed by atoms with Gasteiger partial charge in [0.1, 0.15) is 0 Å². The van der Waals surface area contributed by atoms with Crippen LogP contribution in [0.4, 0.5) is 0 Å². The molecule has 0 amide bonds. The third kappa shape index (κ3) is 2.05. The molecular weight excluding hydrogens is 164 g/mol. The van der Waals surface area contributed by atoms with E-state index in [9.17, 15) is 0 Å². The fourth-order valence-electron chi connectivity index (χ4n) is 1.03. The van der Waals surface area contributed by atoms with Crippen LogP contribution in [-0.2, 0) is 0 Å². The largest absolute Gasteiger partial charge is 0.396 e. The summed E-state index contributed by atoms with van der Waals surface area (Å²) in [5.74, 6) is 0. The number of allylic oxidation sites excluding steroid dienone is 2. The fraction of sp³-hybridized carbons (Fsp3) is 0.111. The highest BCUT2D eigenvalue weighted by Crippen LogP contribution is 2.10. The number of hydrogen-bond acceptors (Lipinski definition) is 3. The molecule has 68 valence electrons. The molecule has 0 bridgehead atoms. The van der Waals surface area contributed by atoms with Crippen LogP contribution in [0, 0.1) is 0 Å². The summed E-state index contributed by atoms with van der Waals surface area (Å²) in [6.07, 6.45) is 8.59. The van der Waals surface area contributed by atoms with Crippen molar-refractivity contribution < 1.29 is 0 Å². The Hall–Kier alpha value is -1.84. The minimum Gasteiger partial charge on any atom is -0.396 e. The average Bonchev–Trinajstić information content (AvgIpc) is 2.59. The van der Waals surface area contributed by atoms with Gasteiger partial charge in [0.05, 0.1) is 23.9 Å². The SMILES string of the molecule is C=N/C=C(N)\C(=C/C)n1ccnc1. The van der Waals surface area contributed by atoms with E-state index in [0.717, 1.165) is 5.70 Å². The normalized spacial score (nSPS) is 13.0. The lowest BCUT2D eigenvalue weighted by Crippen LogP contribution is -2.05. The number of nitrogens with zero attached hydrogens (tertiary/aromatic N) is 3. The molecule has 0 fully saturated rings. The maximum Gasteiger partial charge on any atom is 0.0992 e. The standard InChI is InChI=1S/C9H12N4/c1-3-9(8(10)6-11-2)13-5-4-12-7-13/h3-7H,2,10H2,1H3/b8-6+,9-3+. The predicted molar refractivity (Wildman–Crippen MR) is 54.0 cm³/mol. The average molecular weight is 176 g/mol. The molecule has 0 aromatic carbocycles. The van der Waals surface area contributed by atoms with E-state index >= 15 is 0 Å². The van der Waals surface area contributed by atoms with Gasteiger partial charge in [0, 0.05) is 12.4 Å². The van der Waals surface area contributed by atoms with Crippen molar-refractivity contribution in [1.82, 2.24) is 9.55 Å². The van der Waals surface area contributed by atoms with E-state index < -0.39 is 0 Å². The zero-order valence-corrected chi connectivity index (χ0v) is 7.51. The van der Waals surface area contributed by atoms with E-state index in [-0.39, 0.29) is 0 Å². The summed E-state index contributed by atoms with van der Waals surface area (Å²) in [7, 11) is 0. The van der Waals surface area contributed by atoms with E-state index in [2.05, 4.69) is 16.7 Å². The number of aliphatic imine (C=N–C) groups is 1. The summed E-state index contributed by atoms with van der Waals surface area (Å²) in [5, 5.41) is 0. The Kier molecular flexibility index (Phi) is 3.03. The van der Waals surface area contributed by atoms with Crippen LogP contribution in [0.5, 0.6) is 0 Å². The molecule has 0 saturated heterocycles. The zero-order chi connectivity index (χ0) is 9.68. The Labute approximate surface area is 77.1 Å². The van der Waals surface area contributed by atoms with Crippen LogP contribution in [0.3, 0.4) is 0 Å². The topological polar surface area (TPSA) is 56.2 Å². The van der Waals surface area contributed by atoms with Gasteiger partial charge in [-0.1, -0.05) is 6.08 Å². The van der Waals surface area contributed by atoms with Crippen LogP contribution < -0.4 is 5.73 Å². The Bertz CT molecular complexity index is 333. The first-order valence-corrected chi connectivity index (χ1v) is 3.86. The van der Waals surface area contributed by atoms with Crippen LogP contribution >= 0.6 is 0 Å². The van der Waals surface area contributed by atoms with Gasteiger partial charge < -0.3 is 10.3 Å². The van der Waals surface area contributed by atoms with Crippen molar-refractivity contribution in [2.75, 3.05) is 0 Å². The predicted octanol–water partition coefficient (Wildman–Crippen LogP) is 1.24. The Morgan fingerprint density at radius 3 is 2.92 bits per heavy atom. The summed E-state index contributed by atoms with van der Waals surface area (Å²) < 4.78 is 1.82. The molecule has 1 rings (SSSR count). The molecule has 0 aliphatic carbocycles. The number of imidazole rings is 1. The molecule has 0 saturated carbocycles. The molecule has 1 heterocycles. The van der Waals surface area contributed by atoms with Crippen LogP contribution in [-0.4, -0.2) is 16.3 Å². The quantitative estimate of drug-likeness (QED) is 0.556. The van der Waals surface area contributed by atoms with Gasteiger partial charge in [-0.15, -0.1) is 0 Å². The minimum atomic E-state index is 0.565. The maximum atomic E-state index is 5.74. The lowest BCUT2D eigenvalue weighted by Gasteiger charge is -2.06. The number of rotatable bonds is 3. The summed E-state index contributed by atoms with van der Waals surface area (Å²) in [6.45, 7) is 5.24. The van der Waals surface area contributed by atoms with Crippen molar-refractivity contribution in [3.8, 4) is 0 Å². The van der Waals surface area contributed by atoms with Crippen LogP contribution in [0.15, 0.2) is 41.7 Å². The first kappa shape index (κ1) is 9.25. The van der Waals surface area contributed by atoms with E-state index in [1.165, 1.54) is 6.20 Å². The third-order valence-electron chi connectivity index (χ3n) is 1.58. The van der Waals surface area contributed by atoms with Crippen LogP contribution in [0.2, 0.25) is 0 Å². The van der Waals surface area contributed by atoms with Gasteiger partial charge in [0.2, 0.25) is 0 Å². The van der Waals surface area contributed by atoms with Crippen molar-refractivity contribution in [3.05, 3.63) is 36.7 Å². The first-order valence-electron chi connectivity index (χ1n) is 3.86. The van der Waals surface area contributed by atoms with Gasteiger partial charge in [-0.05, 0) is 13.6 Å². The molecular formula is C9H12N4. The lowest BCUT2D eigenvalue weighted by atomic mass is 10.3. The molecule has 0 atom stereocenters. The molecule has 1 aromatic rings. The Morgan fingerprint density at radius 2 is 2.46 bits per heavy atom. The highest BCUT2D eigenvalue weighted by Gasteiger charge is 2.00. The highest BCUT2D eigenvalue weighted by atomic mass is 15.0. The number of aromatic nitrogens is 2. The molecule has 4 nitrogen and oxygen atoms in total. The van der Waals surface area contributed by atoms with E-state index in [1.807, 2.05) is 23.8 Å². The monoisotopic (exact) mass is 176 g/mol. The lowest BCUT2D eigenvalue weighted by molar-refractivity contribution is 1.06. The van der Waals surface area contributed by atoms with E-state index in [0.29, 0.717) is 5.70 Å². The Morgan fingerprint density at radius 1 is 1.69 bits per heavy atom. The fourth-order valence-corrected chi connectivity index (χ4v) is 1.03. The van der Waals surface area contributed by atoms with Gasteiger partial charge in [0.25, 0.3) is 0 Å². The second kappa shape index (κ2) is 4.25. The summed E-state index contributed by atoms with van der Waals surface area (Å²) in [4.78, 5) is 7.53. The van der Waals surface area contributed by atoms with Gasteiger partial charge in [-0.25, -0.2) is 4.98 Å². The molecule has 0 spiro atoms. The van der Waals surface area contributed by atoms with Gasteiger partial charge >= 0.3 is 0 Å². The molecule has 4 heteroatoms. The molecule has 13 heavy (non-hydrogen) atoms. The van der Waals surface area contributed by atoms with Gasteiger partial charge in [-0.2, -0.15) is 0 Å². The van der Waals surface area contributed by atoms with Crippen LogP contribution in [0.25, 0.3) is 5.70 Å². The highest BCUT2D eigenvalue weighted by molar-refractivity contribution is 5.62. The zero-order valence-electron chi connectivity index (χ0n) is 7.51. The smallest absolute Gasteiger partial charge is 0.0992 e. The number of nitrogens with two attached hydrogens (primary N) is 1. The molecule has 0 aliphatic heterocycles. The van der Waals surface area contributed by atoms with Crippen molar-refractivity contribution in [2.45, 2.75) is 6.92 Å². The molecule has 0 radical (unpaired) electrons. The molecule has 0 unspecified atom stereocenters. The second-order valence-electron chi connectivity index (χ2n) is 2.41. The summed E-state index contributed by atoms with van der Waals surface area (Å²) in [5.41, 5.74) is 7.16. The third-order valence-corrected chi connectivity index (χ3v) is 1.58. The molecule has 0 aliphatic rings. The van der Waals surface area contributed by atoms with Crippen LogP contribution in [0.1, 0.15) is 6.92 Å². The van der Waals surface area contributed by atoms with Crippen molar-refractivity contribution >= 4 is 12.4 Å². The van der Waals surface area contributed by atoms with Crippen molar-refractivity contribution in [2.24, 2.45) is 10.7 Å². The first-order chi connectivity index (χ1) is 6.29. The van der Waals surface area contributed by atoms with E-state index in [1.54, 1.807) is 12.5 Å².